The van der Waals surface area contributed by atoms with Gasteiger partial charge in [-0.2, -0.15) is 5.10 Å². The predicted octanol–water partition coefficient (Wildman–Crippen LogP) is 3.46. The molecule has 0 spiro atoms. The maximum Gasteiger partial charge on any atom is 0.191 e. The molecule has 0 saturated heterocycles. The Hall–Kier alpha value is -1.10. The minimum absolute atomic E-state index is 0. The van der Waals surface area contributed by atoms with E-state index in [1.54, 1.807) is 20.2 Å². The summed E-state index contributed by atoms with van der Waals surface area (Å²) in [7, 11) is 3.44. The summed E-state index contributed by atoms with van der Waals surface area (Å²) in [4.78, 5) is 8.84. The van der Waals surface area contributed by atoms with E-state index in [0.717, 1.165) is 61.9 Å². The zero-order valence-corrected chi connectivity index (χ0v) is 20.5. The number of halogens is 3. The van der Waals surface area contributed by atoms with Gasteiger partial charge in [0.25, 0.3) is 0 Å². The summed E-state index contributed by atoms with van der Waals surface area (Å²) in [6.07, 6.45) is 3.71. The number of fused-ring (bicyclic) bond motifs is 1. The Bertz CT molecular complexity index is 829. The van der Waals surface area contributed by atoms with Crippen molar-refractivity contribution >= 4 is 53.1 Å². The van der Waals surface area contributed by atoms with Crippen LogP contribution in [0.1, 0.15) is 30.1 Å². The number of guanidine groups is 1. The summed E-state index contributed by atoms with van der Waals surface area (Å²) in [5, 5.41) is 12.7. The standard InChI is InChI=1S/C19H26Cl2N6O.HI/c1-22-19(23-9-3-4-13-5-6-14(20)10-16(13)21)24-15-7-8-18-25-17(12-28-2)26-27(18)11-15;/h5-6,10,15H,3-4,7-9,11-12H2,1-2H3,(H2,22,23,24);1H. The molecule has 1 aliphatic rings. The van der Waals surface area contributed by atoms with Crippen LogP contribution < -0.4 is 10.6 Å². The average Bonchev–Trinajstić information content (AvgIpc) is 3.07. The Morgan fingerprint density at radius 2 is 2.21 bits per heavy atom. The van der Waals surface area contributed by atoms with Gasteiger partial charge in [0.2, 0.25) is 0 Å². The summed E-state index contributed by atoms with van der Waals surface area (Å²) >= 11 is 12.2. The number of nitrogens with one attached hydrogen (secondary N) is 2. The molecule has 0 amide bonds. The first-order chi connectivity index (χ1) is 13.6. The minimum Gasteiger partial charge on any atom is -0.377 e. The quantitative estimate of drug-likeness (QED) is 0.238. The molecule has 1 aromatic carbocycles. The van der Waals surface area contributed by atoms with E-state index in [9.17, 15) is 0 Å². The van der Waals surface area contributed by atoms with E-state index in [2.05, 4.69) is 25.7 Å². The van der Waals surface area contributed by atoms with Crippen molar-refractivity contribution in [3.05, 3.63) is 45.5 Å². The molecule has 10 heteroatoms. The van der Waals surface area contributed by atoms with Crippen molar-refractivity contribution in [1.82, 2.24) is 25.4 Å². The topological polar surface area (TPSA) is 76.4 Å². The summed E-state index contributed by atoms with van der Waals surface area (Å²) in [5.41, 5.74) is 1.11. The highest BCUT2D eigenvalue weighted by atomic mass is 127. The first kappa shape index (κ1) is 24.2. The number of methoxy groups -OCH3 is 1. The number of rotatable bonds is 7. The molecule has 2 N–H and O–H groups in total. The molecule has 0 saturated carbocycles. The smallest absolute Gasteiger partial charge is 0.191 e. The number of aromatic nitrogens is 3. The molecule has 3 rings (SSSR count). The van der Waals surface area contributed by atoms with Gasteiger partial charge >= 0.3 is 0 Å². The van der Waals surface area contributed by atoms with Gasteiger partial charge in [-0.05, 0) is 37.0 Å². The number of benzene rings is 1. The lowest BCUT2D eigenvalue weighted by atomic mass is 10.1. The third-order valence-electron chi connectivity index (χ3n) is 4.67. The zero-order valence-electron chi connectivity index (χ0n) is 16.6. The number of nitrogens with zero attached hydrogens (tertiary/aromatic N) is 4. The summed E-state index contributed by atoms with van der Waals surface area (Å²) in [6, 6.07) is 5.90. The van der Waals surface area contributed by atoms with Gasteiger partial charge in [0.05, 0.1) is 6.54 Å². The van der Waals surface area contributed by atoms with Crippen molar-refractivity contribution < 1.29 is 4.74 Å². The van der Waals surface area contributed by atoms with Crippen LogP contribution in [-0.4, -0.2) is 47.5 Å². The predicted molar refractivity (Wildman–Crippen MR) is 128 cm³/mol. The second-order valence-electron chi connectivity index (χ2n) is 6.78. The normalized spacial score (nSPS) is 16.1. The van der Waals surface area contributed by atoms with Crippen LogP contribution in [0.5, 0.6) is 0 Å². The Morgan fingerprint density at radius 1 is 1.38 bits per heavy atom. The lowest BCUT2D eigenvalue weighted by Crippen LogP contribution is -2.47. The molecule has 1 atom stereocenters. The van der Waals surface area contributed by atoms with Gasteiger partial charge in [-0.1, -0.05) is 29.3 Å². The van der Waals surface area contributed by atoms with Crippen molar-refractivity contribution in [2.24, 2.45) is 4.99 Å². The fourth-order valence-corrected chi connectivity index (χ4v) is 3.77. The SMILES string of the molecule is CN=C(NCCCc1ccc(Cl)cc1Cl)NC1CCc2nc(COC)nn2C1.I. The molecule has 2 heterocycles. The molecule has 1 aromatic heterocycles. The van der Waals surface area contributed by atoms with E-state index in [4.69, 9.17) is 27.9 Å². The van der Waals surface area contributed by atoms with Gasteiger partial charge in [0.15, 0.2) is 11.8 Å². The maximum absolute atomic E-state index is 6.23. The molecule has 1 aliphatic heterocycles. The van der Waals surface area contributed by atoms with Crippen molar-refractivity contribution in [3.8, 4) is 0 Å². The molecule has 160 valence electrons. The molecular weight excluding hydrogens is 526 g/mol. The highest BCUT2D eigenvalue weighted by Gasteiger charge is 2.22. The van der Waals surface area contributed by atoms with Gasteiger partial charge in [0.1, 0.15) is 12.4 Å². The molecular formula is C19H27Cl2IN6O. The van der Waals surface area contributed by atoms with Crippen LogP contribution in [0, 0.1) is 0 Å². The van der Waals surface area contributed by atoms with Crippen LogP contribution in [-0.2, 0) is 30.7 Å². The highest BCUT2D eigenvalue weighted by Crippen LogP contribution is 2.21. The van der Waals surface area contributed by atoms with Crippen molar-refractivity contribution in [2.75, 3.05) is 20.7 Å². The lowest BCUT2D eigenvalue weighted by Gasteiger charge is -2.25. The van der Waals surface area contributed by atoms with Crippen molar-refractivity contribution in [1.29, 1.82) is 0 Å². The lowest BCUT2D eigenvalue weighted by molar-refractivity contribution is 0.177. The Labute approximate surface area is 198 Å². The third-order valence-corrected chi connectivity index (χ3v) is 5.26. The highest BCUT2D eigenvalue weighted by molar-refractivity contribution is 14.0. The van der Waals surface area contributed by atoms with Crippen LogP contribution in [0.15, 0.2) is 23.2 Å². The van der Waals surface area contributed by atoms with E-state index < -0.39 is 0 Å². The number of ether oxygens (including phenoxy) is 1. The number of aryl methyl sites for hydroxylation is 2. The van der Waals surface area contributed by atoms with E-state index in [-0.39, 0.29) is 30.0 Å². The molecule has 1 unspecified atom stereocenters. The van der Waals surface area contributed by atoms with Crippen molar-refractivity contribution in [3.63, 3.8) is 0 Å². The molecule has 7 nitrogen and oxygen atoms in total. The average molecular weight is 553 g/mol. The fraction of sp³-hybridized carbons (Fsp3) is 0.526. The van der Waals surface area contributed by atoms with Gasteiger partial charge in [-0.3, -0.25) is 4.99 Å². The Morgan fingerprint density at radius 3 is 2.93 bits per heavy atom. The number of aliphatic imine (C=N–C) groups is 1. The van der Waals surface area contributed by atoms with Crippen LogP contribution in [0.2, 0.25) is 10.0 Å². The summed E-state index contributed by atoms with van der Waals surface area (Å²) < 4.78 is 7.08. The van der Waals surface area contributed by atoms with Gasteiger partial charge in [-0.15, -0.1) is 24.0 Å². The number of hydrogen-bond acceptors (Lipinski definition) is 4. The molecule has 0 bridgehead atoms. The van der Waals surface area contributed by atoms with Gasteiger partial charge in [0, 0.05) is 43.2 Å². The Balaban J connectivity index is 0.00000300. The van der Waals surface area contributed by atoms with Crippen LogP contribution in [0.3, 0.4) is 0 Å². The first-order valence-electron chi connectivity index (χ1n) is 9.41. The van der Waals surface area contributed by atoms with Gasteiger partial charge < -0.3 is 15.4 Å². The Kier molecular flexibility index (Phi) is 9.94. The second-order valence-corrected chi connectivity index (χ2v) is 7.62. The zero-order chi connectivity index (χ0) is 19.9. The maximum atomic E-state index is 6.23. The summed E-state index contributed by atoms with van der Waals surface area (Å²) in [6.45, 7) is 2.02. The van der Waals surface area contributed by atoms with Gasteiger partial charge in [-0.25, -0.2) is 9.67 Å². The molecule has 0 aliphatic carbocycles. The van der Waals surface area contributed by atoms with E-state index in [1.165, 1.54) is 0 Å². The molecule has 29 heavy (non-hydrogen) atoms. The number of hydrogen-bond donors (Lipinski definition) is 2. The van der Waals surface area contributed by atoms with Crippen LogP contribution in [0.25, 0.3) is 0 Å². The van der Waals surface area contributed by atoms with E-state index in [0.29, 0.717) is 16.7 Å². The molecule has 0 radical (unpaired) electrons. The van der Waals surface area contributed by atoms with Crippen molar-refractivity contribution in [2.45, 2.75) is 44.9 Å². The van der Waals surface area contributed by atoms with E-state index in [1.807, 2.05) is 16.8 Å². The fourth-order valence-electron chi connectivity index (χ4n) is 3.27. The monoisotopic (exact) mass is 552 g/mol. The van der Waals surface area contributed by atoms with Crippen LogP contribution in [0.4, 0.5) is 0 Å². The summed E-state index contributed by atoms with van der Waals surface area (Å²) in [5.74, 6) is 2.56. The van der Waals surface area contributed by atoms with Crippen LogP contribution >= 0.6 is 47.2 Å². The second kappa shape index (κ2) is 11.9. The minimum atomic E-state index is 0. The first-order valence-corrected chi connectivity index (χ1v) is 10.2. The molecule has 0 fully saturated rings. The third kappa shape index (κ3) is 6.97. The molecule has 2 aromatic rings. The largest absolute Gasteiger partial charge is 0.377 e. The van der Waals surface area contributed by atoms with E-state index >= 15 is 0 Å².